The molecule has 2 aromatic rings. The number of fused-ring (bicyclic) bond motifs is 3. The lowest BCUT2D eigenvalue weighted by molar-refractivity contribution is -0.144. The smallest absolute Gasteiger partial charge is 0.255 e. The number of benzene rings is 2. The Kier molecular flexibility index (Phi) is 5.73. The Hall–Kier alpha value is -3.95. The van der Waals surface area contributed by atoms with E-state index in [1.165, 1.54) is 6.07 Å². The molecule has 0 bridgehead atoms. The number of aromatic hydroxyl groups is 1. The van der Waals surface area contributed by atoms with Crippen molar-refractivity contribution in [1.82, 2.24) is 4.90 Å². The number of phenolic OH excluding ortho intramolecular Hbond substituents is 1. The van der Waals surface area contributed by atoms with Crippen molar-refractivity contribution in [3.05, 3.63) is 75.8 Å². The summed E-state index contributed by atoms with van der Waals surface area (Å²) in [6, 6.07) is 11.1. The van der Waals surface area contributed by atoms with Crippen LogP contribution in [0.1, 0.15) is 34.3 Å². The standard InChI is InChI=1S/C28H28N2O7/c1-30(2)12-13-3-5-14(6-4-13)17-7-8-19(31)22-18(17)10-15-9-16-11-20(32)23(27(29)36)26(35)28(16,37)25(34)21(15)24(22)33/h3-8,15-16,31-32,34,37H,9-12H2,1-2H3,(H2,29,36)/t15-,16+,28+/m1/s1. The first-order chi connectivity index (χ1) is 17.4. The van der Waals surface area contributed by atoms with Crippen LogP contribution in [0.15, 0.2) is 59.1 Å². The zero-order valence-electron chi connectivity index (χ0n) is 20.5. The van der Waals surface area contributed by atoms with Gasteiger partial charge in [0, 0.05) is 24.5 Å². The molecule has 2 aromatic carbocycles. The van der Waals surface area contributed by atoms with Gasteiger partial charge < -0.3 is 31.1 Å². The Bertz CT molecular complexity index is 1420. The average molecular weight is 505 g/mol. The van der Waals surface area contributed by atoms with Crippen LogP contribution in [0.4, 0.5) is 0 Å². The first-order valence-electron chi connectivity index (χ1n) is 12.0. The number of aliphatic hydroxyl groups excluding tert-OH is 2. The number of phenols is 1. The highest BCUT2D eigenvalue weighted by atomic mass is 16.3. The predicted octanol–water partition coefficient (Wildman–Crippen LogP) is 2.31. The van der Waals surface area contributed by atoms with E-state index in [4.69, 9.17) is 5.73 Å². The van der Waals surface area contributed by atoms with E-state index in [1.54, 1.807) is 6.07 Å². The molecule has 9 nitrogen and oxygen atoms in total. The Balaban J connectivity index is 1.62. The molecule has 9 heteroatoms. The third-order valence-electron chi connectivity index (χ3n) is 7.71. The summed E-state index contributed by atoms with van der Waals surface area (Å²) in [4.78, 5) is 40.6. The minimum Gasteiger partial charge on any atom is -0.511 e. The van der Waals surface area contributed by atoms with Gasteiger partial charge in [-0.25, -0.2) is 0 Å². The van der Waals surface area contributed by atoms with Gasteiger partial charge in [0.1, 0.15) is 22.8 Å². The van der Waals surface area contributed by atoms with Crippen molar-refractivity contribution in [2.45, 2.75) is 31.4 Å². The normalized spacial score (nSPS) is 25.2. The fourth-order valence-electron chi connectivity index (χ4n) is 6.04. The summed E-state index contributed by atoms with van der Waals surface area (Å²) in [6.07, 6.45) is 0.104. The second-order valence-electron chi connectivity index (χ2n) is 10.3. The number of ketones is 2. The maximum absolute atomic E-state index is 13.7. The third-order valence-corrected chi connectivity index (χ3v) is 7.71. The number of nitrogens with two attached hydrogens (primary N) is 1. The summed E-state index contributed by atoms with van der Waals surface area (Å²) in [6.45, 7) is 0.768. The number of carbonyl (C=O) groups is 3. The lowest BCUT2D eigenvalue weighted by Gasteiger charge is -2.45. The molecule has 6 N–H and O–H groups in total. The van der Waals surface area contributed by atoms with E-state index in [2.05, 4.69) is 4.90 Å². The van der Waals surface area contributed by atoms with E-state index in [1.807, 2.05) is 38.4 Å². The van der Waals surface area contributed by atoms with Crippen molar-refractivity contribution in [3.8, 4) is 16.9 Å². The second kappa shape index (κ2) is 8.57. The van der Waals surface area contributed by atoms with E-state index in [0.717, 1.165) is 23.2 Å². The van der Waals surface area contributed by atoms with E-state index in [0.29, 0.717) is 5.56 Å². The molecule has 0 spiro atoms. The zero-order chi connectivity index (χ0) is 26.8. The molecule has 192 valence electrons. The molecule has 0 saturated heterocycles. The van der Waals surface area contributed by atoms with Gasteiger partial charge in [0.05, 0.1) is 5.56 Å². The Morgan fingerprint density at radius 2 is 1.73 bits per heavy atom. The van der Waals surface area contributed by atoms with Gasteiger partial charge in [-0.15, -0.1) is 0 Å². The molecular formula is C28H28N2O7. The number of nitrogens with zero attached hydrogens (tertiary/aromatic N) is 1. The zero-order valence-corrected chi connectivity index (χ0v) is 20.5. The number of Topliss-reactive ketones (excluding diaryl/α,β-unsaturated/α-hetero) is 2. The number of primary amides is 1. The topological polar surface area (TPSA) is 161 Å². The predicted molar refractivity (Wildman–Crippen MR) is 134 cm³/mol. The molecule has 0 radical (unpaired) electrons. The van der Waals surface area contributed by atoms with Crippen LogP contribution in [0.25, 0.3) is 11.1 Å². The number of aliphatic hydroxyl groups is 3. The lowest BCUT2D eigenvalue weighted by atomic mass is 9.60. The molecule has 3 aliphatic carbocycles. The maximum atomic E-state index is 13.7. The van der Waals surface area contributed by atoms with E-state index < -0.39 is 52.0 Å². The van der Waals surface area contributed by atoms with Crippen LogP contribution < -0.4 is 5.73 Å². The highest BCUT2D eigenvalue weighted by Gasteiger charge is 2.59. The van der Waals surface area contributed by atoms with Crippen molar-refractivity contribution in [3.63, 3.8) is 0 Å². The van der Waals surface area contributed by atoms with Gasteiger partial charge in [0.15, 0.2) is 11.4 Å². The fourth-order valence-corrected chi connectivity index (χ4v) is 6.04. The van der Waals surface area contributed by atoms with Crippen LogP contribution in [0.3, 0.4) is 0 Å². The molecule has 0 saturated carbocycles. The SMILES string of the molecule is CN(C)Cc1ccc(-c2ccc(O)c3c2C[C@H]2C[C@H]4CC(O)=C(C(N)=O)C(=O)[C@@]4(O)C(O)=C2C3=O)cc1. The highest BCUT2D eigenvalue weighted by Crippen LogP contribution is 2.52. The number of amides is 1. The van der Waals surface area contributed by atoms with Gasteiger partial charge in [0.2, 0.25) is 5.78 Å². The summed E-state index contributed by atoms with van der Waals surface area (Å²) in [7, 11) is 3.96. The van der Waals surface area contributed by atoms with Gasteiger partial charge in [-0.3, -0.25) is 14.4 Å². The molecule has 0 aliphatic heterocycles. The minimum atomic E-state index is -2.56. The van der Waals surface area contributed by atoms with Crippen LogP contribution >= 0.6 is 0 Å². The van der Waals surface area contributed by atoms with Crippen LogP contribution in [-0.4, -0.2) is 62.5 Å². The third kappa shape index (κ3) is 3.65. The van der Waals surface area contributed by atoms with Crippen LogP contribution in [0, 0.1) is 11.8 Å². The second-order valence-corrected chi connectivity index (χ2v) is 10.3. The van der Waals surface area contributed by atoms with Gasteiger partial charge >= 0.3 is 0 Å². The number of allylic oxidation sites excluding steroid dienone is 2. The van der Waals surface area contributed by atoms with Crippen molar-refractivity contribution in [2.24, 2.45) is 17.6 Å². The van der Waals surface area contributed by atoms with Crippen molar-refractivity contribution in [1.29, 1.82) is 0 Å². The van der Waals surface area contributed by atoms with Gasteiger partial charge in [0.25, 0.3) is 5.91 Å². The van der Waals surface area contributed by atoms with Crippen LogP contribution in [0.2, 0.25) is 0 Å². The van der Waals surface area contributed by atoms with Crippen molar-refractivity contribution < 1.29 is 34.8 Å². The molecule has 1 amide bonds. The molecule has 3 atom stereocenters. The van der Waals surface area contributed by atoms with Crippen molar-refractivity contribution in [2.75, 3.05) is 14.1 Å². The van der Waals surface area contributed by atoms with Crippen molar-refractivity contribution >= 4 is 17.5 Å². The van der Waals surface area contributed by atoms with E-state index >= 15 is 0 Å². The summed E-state index contributed by atoms with van der Waals surface area (Å²) in [5.41, 5.74) is 5.06. The van der Waals surface area contributed by atoms with E-state index in [-0.39, 0.29) is 36.1 Å². The minimum absolute atomic E-state index is 0.00601. The first kappa shape index (κ1) is 24.7. The molecule has 0 unspecified atom stereocenters. The number of carbonyl (C=O) groups excluding carboxylic acids is 3. The first-order valence-corrected chi connectivity index (χ1v) is 12.0. The Labute approximate surface area is 213 Å². The van der Waals surface area contributed by atoms with Gasteiger partial charge in [-0.1, -0.05) is 30.3 Å². The largest absolute Gasteiger partial charge is 0.511 e. The van der Waals surface area contributed by atoms with Crippen LogP contribution in [-0.2, 0) is 22.6 Å². The quantitative estimate of drug-likeness (QED) is 0.396. The number of hydrogen-bond donors (Lipinski definition) is 5. The molecule has 37 heavy (non-hydrogen) atoms. The maximum Gasteiger partial charge on any atom is 0.255 e. The molecular weight excluding hydrogens is 476 g/mol. The van der Waals surface area contributed by atoms with E-state index in [9.17, 15) is 34.8 Å². The lowest BCUT2D eigenvalue weighted by Crippen LogP contribution is -2.57. The summed E-state index contributed by atoms with van der Waals surface area (Å²) in [5, 5.41) is 43.4. The molecule has 3 aliphatic rings. The summed E-state index contributed by atoms with van der Waals surface area (Å²) in [5.74, 6) is -6.34. The number of rotatable bonds is 4. The van der Waals surface area contributed by atoms with Gasteiger partial charge in [-0.05, 0) is 61.2 Å². The molecule has 0 fully saturated rings. The van der Waals surface area contributed by atoms with Gasteiger partial charge in [-0.2, -0.15) is 0 Å². The average Bonchev–Trinajstić information content (AvgIpc) is 2.81. The fraction of sp³-hybridized carbons (Fsp3) is 0.321. The Morgan fingerprint density at radius 1 is 1.05 bits per heavy atom. The summed E-state index contributed by atoms with van der Waals surface area (Å²) < 4.78 is 0. The molecule has 5 rings (SSSR count). The molecule has 0 heterocycles. The monoisotopic (exact) mass is 504 g/mol. The Morgan fingerprint density at radius 3 is 2.35 bits per heavy atom. The number of hydrogen-bond acceptors (Lipinski definition) is 8. The summed E-state index contributed by atoms with van der Waals surface area (Å²) >= 11 is 0. The van der Waals surface area contributed by atoms with Crippen LogP contribution in [0.5, 0.6) is 5.75 Å². The molecule has 0 aromatic heterocycles. The highest BCUT2D eigenvalue weighted by molar-refractivity contribution is 6.24.